The highest BCUT2D eigenvalue weighted by molar-refractivity contribution is 7.26. The Morgan fingerprint density at radius 3 is 1.93 bits per heavy atom. The van der Waals surface area contributed by atoms with Crippen molar-refractivity contribution in [3.63, 3.8) is 0 Å². The van der Waals surface area contributed by atoms with E-state index in [1.165, 1.54) is 72.0 Å². The van der Waals surface area contributed by atoms with E-state index < -0.39 is 0 Å². The predicted molar refractivity (Wildman–Crippen MR) is 242 cm³/mol. The summed E-state index contributed by atoms with van der Waals surface area (Å²) in [6.45, 7) is 9.71. The van der Waals surface area contributed by atoms with Crippen LogP contribution in [0.5, 0.6) is 0 Å². The topological polar surface area (TPSA) is 35.6 Å². The van der Waals surface area contributed by atoms with Crippen LogP contribution < -0.4 is 0 Å². The minimum absolute atomic E-state index is 0.0890. The van der Waals surface area contributed by atoms with Crippen LogP contribution in [0.15, 0.2) is 146 Å². The molecule has 5 heteroatoms. The standard InChI is InChI=1S/C52H40N4S/c1-51(2)25-26-52(3,4)40-29-42-37(28-39(40)51)36-27-38-44(30-43(36)55(42)33-18-9-6-10-19-33)56(41-24-23-31-15-11-12-20-34(31)46(38)41)50-53-47(32-16-7-5-8-17-32)49-48(54-50)35-21-13-14-22-45(35)57-49/h5-24,27-30H,25-26H2,1-4H3. The second-order valence-electron chi connectivity index (χ2n) is 17.3. The Hall–Kier alpha value is -6.30. The lowest BCUT2D eigenvalue weighted by Crippen LogP contribution is -2.33. The van der Waals surface area contributed by atoms with Gasteiger partial charge in [-0.2, -0.15) is 0 Å². The summed E-state index contributed by atoms with van der Waals surface area (Å²) in [4.78, 5) is 11.0. The van der Waals surface area contributed by atoms with Gasteiger partial charge >= 0.3 is 0 Å². The van der Waals surface area contributed by atoms with E-state index in [2.05, 4.69) is 182 Å². The number of aromatic nitrogens is 4. The van der Waals surface area contributed by atoms with E-state index >= 15 is 0 Å². The number of fused-ring (bicyclic) bond motifs is 12. The van der Waals surface area contributed by atoms with Crippen LogP contribution in [0.4, 0.5) is 0 Å². The first-order valence-electron chi connectivity index (χ1n) is 20.0. The third-order valence-corrected chi connectivity index (χ3v) is 14.1. The van der Waals surface area contributed by atoms with Crippen LogP contribution in [-0.2, 0) is 10.8 Å². The quantitative estimate of drug-likeness (QED) is 0.180. The van der Waals surface area contributed by atoms with Crippen molar-refractivity contribution >= 4 is 86.0 Å². The van der Waals surface area contributed by atoms with Crippen molar-refractivity contribution in [1.82, 2.24) is 19.1 Å². The van der Waals surface area contributed by atoms with Gasteiger partial charge in [0.25, 0.3) is 0 Å². The zero-order valence-electron chi connectivity index (χ0n) is 32.5. The van der Waals surface area contributed by atoms with Gasteiger partial charge in [-0.1, -0.05) is 125 Å². The molecule has 0 saturated carbocycles. The van der Waals surface area contributed by atoms with Crippen molar-refractivity contribution in [2.45, 2.75) is 51.4 Å². The van der Waals surface area contributed by atoms with Gasteiger partial charge in [0.1, 0.15) is 0 Å². The van der Waals surface area contributed by atoms with Crippen molar-refractivity contribution in [2.75, 3.05) is 0 Å². The molecule has 0 spiro atoms. The Morgan fingerprint density at radius 1 is 0.509 bits per heavy atom. The fourth-order valence-corrected chi connectivity index (χ4v) is 11.1. The first-order valence-corrected chi connectivity index (χ1v) is 20.9. The molecule has 0 N–H and O–H groups in total. The van der Waals surface area contributed by atoms with Crippen LogP contribution in [0.3, 0.4) is 0 Å². The van der Waals surface area contributed by atoms with Crippen molar-refractivity contribution in [3.05, 3.63) is 157 Å². The molecular weight excluding hydrogens is 713 g/mol. The summed E-state index contributed by atoms with van der Waals surface area (Å²) in [5, 5.41) is 8.61. The highest BCUT2D eigenvalue weighted by Crippen LogP contribution is 2.50. The Kier molecular flexibility index (Phi) is 6.71. The lowest BCUT2D eigenvalue weighted by molar-refractivity contribution is 0.332. The van der Waals surface area contributed by atoms with Gasteiger partial charge in [0.2, 0.25) is 5.95 Å². The van der Waals surface area contributed by atoms with Crippen molar-refractivity contribution in [3.8, 4) is 22.9 Å². The molecule has 0 unspecified atom stereocenters. The summed E-state index contributed by atoms with van der Waals surface area (Å²) < 4.78 is 7.15. The lowest BCUT2D eigenvalue weighted by Gasteiger charge is -2.42. The SMILES string of the molecule is CC1(C)CCC(C)(C)c2cc3c(cc21)c1cc2c4c5ccccc5ccc4n(-c4nc(-c5ccccc5)c5sc6ccccc6c5n4)c2cc1n3-c1ccccc1. The van der Waals surface area contributed by atoms with Gasteiger partial charge in [0, 0.05) is 42.9 Å². The highest BCUT2D eigenvalue weighted by atomic mass is 32.1. The molecule has 1 aliphatic carbocycles. The van der Waals surface area contributed by atoms with Crippen LogP contribution in [0, 0.1) is 0 Å². The summed E-state index contributed by atoms with van der Waals surface area (Å²) in [6.07, 6.45) is 2.35. The molecule has 0 radical (unpaired) electrons. The maximum Gasteiger partial charge on any atom is 0.235 e. The Balaban J connectivity index is 1.27. The van der Waals surface area contributed by atoms with Gasteiger partial charge in [-0.15, -0.1) is 11.3 Å². The molecule has 11 aromatic rings. The van der Waals surface area contributed by atoms with Crippen molar-refractivity contribution < 1.29 is 0 Å². The smallest absolute Gasteiger partial charge is 0.235 e. The monoisotopic (exact) mass is 752 g/mol. The van der Waals surface area contributed by atoms with E-state index in [0.29, 0.717) is 5.95 Å². The molecule has 0 aliphatic heterocycles. The molecule has 0 bridgehead atoms. The van der Waals surface area contributed by atoms with E-state index in [1.807, 2.05) is 0 Å². The zero-order valence-corrected chi connectivity index (χ0v) is 33.3. The molecule has 4 aromatic heterocycles. The normalized spacial score (nSPS) is 15.2. The van der Waals surface area contributed by atoms with Gasteiger partial charge < -0.3 is 4.57 Å². The average molecular weight is 753 g/mol. The number of hydrogen-bond acceptors (Lipinski definition) is 3. The first-order chi connectivity index (χ1) is 27.7. The maximum atomic E-state index is 5.53. The Morgan fingerprint density at radius 2 is 1.14 bits per heavy atom. The van der Waals surface area contributed by atoms with E-state index in [9.17, 15) is 0 Å². The van der Waals surface area contributed by atoms with E-state index in [0.717, 1.165) is 43.6 Å². The molecule has 274 valence electrons. The summed E-state index contributed by atoms with van der Waals surface area (Å²) >= 11 is 1.77. The van der Waals surface area contributed by atoms with Gasteiger partial charge in [-0.3, -0.25) is 4.57 Å². The molecule has 57 heavy (non-hydrogen) atoms. The van der Waals surface area contributed by atoms with Crippen LogP contribution in [0.25, 0.3) is 97.6 Å². The number of rotatable bonds is 3. The molecule has 0 fully saturated rings. The second kappa shape index (κ2) is 11.6. The average Bonchev–Trinajstić information content (AvgIpc) is 3.88. The second-order valence-corrected chi connectivity index (χ2v) is 18.3. The summed E-state index contributed by atoms with van der Waals surface area (Å²) in [7, 11) is 0. The highest BCUT2D eigenvalue weighted by Gasteiger charge is 2.38. The summed E-state index contributed by atoms with van der Waals surface area (Å²) in [5.41, 5.74) is 12.0. The fourth-order valence-electron chi connectivity index (χ4n) is 9.90. The number of para-hydroxylation sites is 1. The molecular formula is C52H40N4S. The summed E-state index contributed by atoms with van der Waals surface area (Å²) in [6, 6.07) is 53.4. The molecule has 0 atom stereocenters. The van der Waals surface area contributed by atoms with E-state index in [-0.39, 0.29) is 10.8 Å². The molecule has 4 nitrogen and oxygen atoms in total. The van der Waals surface area contributed by atoms with Gasteiger partial charge in [0.15, 0.2) is 0 Å². The van der Waals surface area contributed by atoms with E-state index in [1.54, 1.807) is 11.3 Å². The molecule has 0 amide bonds. The first kappa shape index (κ1) is 32.9. The number of hydrogen-bond donors (Lipinski definition) is 0. The molecule has 7 aromatic carbocycles. The van der Waals surface area contributed by atoms with Crippen molar-refractivity contribution in [1.29, 1.82) is 0 Å². The molecule has 0 saturated heterocycles. The number of thiophene rings is 1. The largest absolute Gasteiger partial charge is 0.309 e. The van der Waals surface area contributed by atoms with Crippen LogP contribution in [0.1, 0.15) is 51.7 Å². The molecule has 1 aliphatic rings. The van der Waals surface area contributed by atoms with E-state index in [4.69, 9.17) is 9.97 Å². The van der Waals surface area contributed by atoms with Gasteiger partial charge in [-0.05, 0) is 94.1 Å². The molecule has 12 rings (SSSR count). The Bertz CT molecular complexity index is 3460. The number of nitrogens with zero attached hydrogens (tertiary/aromatic N) is 4. The Labute approximate surface area is 334 Å². The predicted octanol–water partition coefficient (Wildman–Crippen LogP) is 14.2. The lowest BCUT2D eigenvalue weighted by atomic mass is 9.63. The van der Waals surface area contributed by atoms with Crippen LogP contribution >= 0.6 is 11.3 Å². The summed E-state index contributed by atoms with van der Waals surface area (Å²) in [5.74, 6) is 0.681. The van der Waals surface area contributed by atoms with Gasteiger partial charge in [0.05, 0.1) is 38.0 Å². The maximum absolute atomic E-state index is 5.53. The zero-order chi connectivity index (χ0) is 38.2. The van der Waals surface area contributed by atoms with Gasteiger partial charge in [-0.25, -0.2) is 9.97 Å². The minimum atomic E-state index is 0.0890. The minimum Gasteiger partial charge on any atom is -0.309 e. The van der Waals surface area contributed by atoms with Crippen LogP contribution in [-0.4, -0.2) is 19.1 Å². The molecule has 4 heterocycles. The van der Waals surface area contributed by atoms with Crippen molar-refractivity contribution in [2.24, 2.45) is 0 Å². The van der Waals surface area contributed by atoms with Crippen LogP contribution in [0.2, 0.25) is 0 Å². The third-order valence-electron chi connectivity index (χ3n) is 13.0. The third kappa shape index (κ3) is 4.66. The number of benzene rings is 7. The fraction of sp³-hybridized carbons (Fsp3) is 0.154.